The zero-order chi connectivity index (χ0) is 16.4. The van der Waals surface area contributed by atoms with Crippen LogP contribution in [0, 0.1) is 0 Å². The van der Waals surface area contributed by atoms with Crippen LogP contribution >= 0.6 is 24.4 Å². The normalized spacial score (nSPS) is 33.1. The second-order valence-electron chi connectivity index (χ2n) is 4.71. The van der Waals surface area contributed by atoms with Crippen molar-refractivity contribution in [2.45, 2.75) is 38.0 Å². The Morgan fingerprint density at radius 3 is 2.33 bits per heavy atom. The Hall–Kier alpha value is -0.610. The van der Waals surface area contributed by atoms with E-state index in [1.807, 2.05) is 0 Å². The summed E-state index contributed by atoms with van der Waals surface area (Å²) in [4.78, 5) is 0.861. The van der Waals surface area contributed by atoms with Crippen molar-refractivity contribution in [3.8, 4) is 0 Å². The van der Waals surface area contributed by atoms with Crippen LogP contribution in [0.4, 0.5) is 13.2 Å². The minimum absolute atomic E-state index is 0.0360. The smallest absolute Gasteiger partial charge is 0.174 e. The maximum absolute atomic E-state index is 14.2. The SMILES string of the molecule is CC(=S)/C(F)=C\N(C(C)=S)[C@@H]1O[C@@](CO)(CF)C(O)[C@@H]1F. The van der Waals surface area contributed by atoms with Crippen molar-refractivity contribution in [3.63, 3.8) is 0 Å². The minimum Gasteiger partial charge on any atom is -0.393 e. The number of hydrogen-bond acceptors (Lipinski definition) is 5. The number of ether oxygens (including phenoxy) is 1. The van der Waals surface area contributed by atoms with Crippen molar-refractivity contribution >= 4 is 34.3 Å². The van der Waals surface area contributed by atoms with Gasteiger partial charge in [-0.05, 0) is 13.8 Å². The Kier molecular flexibility index (Phi) is 6.23. The third kappa shape index (κ3) is 3.59. The van der Waals surface area contributed by atoms with Gasteiger partial charge in [-0.3, -0.25) is 0 Å². The maximum atomic E-state index is 14.2. The summed E-state index contributed by atoms with van der Waals surface area (Å²) in [5, 5.41) is 18.9. The predicted molar refractivity (Wildman–Crippen MR) is 79.1 cm³/mol. The van der Waals surface area contributed by atoms with Gasteiger partial charge < -0.3 is 19.8 Å². The van der Waals surface area contributed by atoms with Crippen molar-refractivity contribution in [2.75, 3.05) is 13.3 Å². The van der Waals surface area contributed by atoms with E-state index in [0.29, 0.717) is 0 Å². The molecular weight excluding hydrogens is 327 g/mol. The number of allylic oxidation sites excluding steroid dienone is 1. The molecule has 1 aliphatic heterocycles. The number of aliphatic hydroxyl groups excluding tert-OH is 2. The average Bonchev–Trinajstić information content (AvgIpc) is 2.69. The highest BCUT2D eigenvalue weighted by Crippen LogP contribution is 2.35. The summed E-state index contributed by atoms with van der Waals surface area (Å²) in [5.74, 6) is -0.832. The lowest BCUT2D eigenvalue weighted by Gasteiger charge is -2.29. The fourth-order valence-corrected chi connectivity index (χ4v) is 2.08. The highest BCUT2D eigenvalue weighted by atomic mass is 32.1. The molecule has 4 atom stereocenters. The van der Waals surface area contributed by atoms with E-state index in [-0.39, 0.29) is 9.85 Å². The van der Waals surface area contributed by atoms with Crippen LogP contribution in [0.25, 0.3) is 0 Å². The molecule has 1 fully saturated rings. The van der Waals surface area contributed by atoms with E-state index >= 15 is 0 Å². The summed E-state index contributed by atoms with van der Waals surface area (Å²) in [5.41, 5.74) is -2.09. The summed E-state index contributed by atoms with van der Waals surface area (Å²) >= 11 is 9.53. The molecule has 1 aliphatic rings. The lowest BCUT2D eigenvalue weighted by molar-refractivity contribution is -0.138. The summed E-state index contributed by atoms with van der Waals surface area (Å²) in [6.45, 7) is 0.484. The summed E-state index contributed by atoms with van der Waals surface area (Å²) in [6.07, 6.45) is -4.71. The third-order valence-corrected chi connectivity index (χ3v) is 3.59. The van der Waals surface area contributed by atoms with Crippen molar-refractivity contribution in [1.29, 1.82) is 0 Å². The Morgan fingerprint density at radius 1 is 1.43 bits per heavy atom. The van der Waals surface area contributed by atoms with Crippen LogP contribution < -0.4 is 0 Å². The van der Waals surface area contributed by atoms with Gasteiger partial charge in [0.15, 0.2) is 23.8 Å². The molecule has 2 N–H and O–H groups in total. The Morgan fingerprint density at radius 2 is 2.00 bits per heavy atom. The molecular formula is C12H16F3NO3S2. The van der Waals surface area contributed by atoms with Gasteiger partial charge in [0.25, 0.3) is 0 Å². The largest absolute Gasteiger partial charge is 0.393 e. The van der Waals surface area contributed by atoms with Gasteiger partial charge in [0.05, 0.1) is 11.6 Å². The summed E-state index contributed by atoms with van der Waals surface area (Å²) < 4.78 is 45.9. The van der Waals surface area contributed by atoms with Gasteiger partial charge in [0.2, 0.25) is 0 Å². The molecule has 0 aromatic rings. The topological polar surface area (TPSA) is 52.9 Å². The van der Waals surface area contributed by atoms with Crippen LogP contribution in [0.2, 0.25) is 0 Å². The number of alkyl halides is 2. The summed E-state index contributed by atoms with van der Waals surface area (Å²) in [7, 11) is 0. The number of rotatable bonds is 5. The zero-order valence-electron chi connectivity index (χ0n) is 11.4. The molecule has 1 rings (SSSR count). The molecule has 1 heterocycles. The molecule has 21 heavy (non-hydrogen) atoms. The average molecular weight is 343 g/mol. The van der Waals surface area contributed by atoms with Crippen LogP contribution in [-0.2, 0) is 4.74 Å². The Labute approximate surface area is 131 Å². The van der Waals surface area contributed by atoms with Gasteiger partial charge in [-0.15, -0.1) is 0 Å². The van der Waals surface area contributed by atoms with Crippen molar-refractivity contribution in [1.82, 2.24) is 4.90 Å². The maximum Gasteiger partial charge on any atom is 0.174 e. The standard InChI is InChI=1S/C12H16F3NO3S2/c1-6(20)8(14)3-16(7(2)21)11-9(15)10(18)12(4-13,5-17)19-11/h3,9-11,17-18H,4-5H2,1-2H3/b8-3+/t9-,10?,11+,12+/m0/s1. The van der Waals surface area contributed by atoms with Gasteiger partial charge in [-0.25, -0.2) is 13.2 Å². The van der Waals surface area contributed by atoms with Gasteiger partial charge in [-0.1, -0.05) is 24.4 Å². The monoisotopic (exact) mass is 343 g/mol. The van der Waals surface area contributed by atoms with Crippen LogP contribution in [0.5, 0.6) is 0 Å². The van der Waals surface area contributed by atoms with E-state index in [4.69, 9.17) is 22.1 Å². The first-order chi connectivity index (χ1) is 9.70. The van der Waals surface area contributed by atoms with Crippen molar-refractivity contribution in [2.24, 2.45) is 0 Å². The molecule has 1 unspecified atom stereocenters. The molecule has 0 radical (unpaired) electrons. The first kappa shape index (κ1) is 18.4. The second kappa shape index (κ2) is 7.10. The van der Waals surface area contributed by atoms with E-state index in [1.54, 1.807) is 0 Å². The van der Waals surface area contributed by atoms with Crippen LogP contribution in [-0.4, -0.2) is 62.4 Å². The van der Waals surface area contributed by atoms with Crippen LogP contribution in [0.1, 0.15) is 13.8 Å². The van der Waals surface area contributed by atoms with E-state index < -0.39 is 43.2 Å². The number of thiocarbonyl (C=S) groups is 2. The Balaban J connectivity index is 3.14. The van der Waals surface area contributed by atoms with Crippen molar-refractivity contribution in [3.05, 3.63) is 12.0 Å². The minimum atomic E-state index is -2.09. The molecule has 0 amide bonds. The number of halogens is 3. The summed E-state index contributed by atoms with van der Waals surface area (Å²) in [6, 6.07) is 0. The highest BCUT2D eigenvalue weighted by Gasteiger charge is 2.57. The van der Waals surface area contributed by atoms with E-state index in [9.17, 15) is 18.3 Å². The van der Waals surface area contributed by atoms with E-state index in [2.05, 4.69) is 12.2 Å². The third-order valence-electron chi connectivity index (χ3n) is 3.19. The molecule has 0 spiro atoms. The number of nitrogens with zero attached hydrogens (tertiary/aromatic N) is 1. The van der Waals surface area contributed by atoms with Gasteiger partial charge >= 0.3 is 0 Å². The molecule has 9 heteroatoms. The van der Waals surface area contributed by atoms with Crippen LogP contribution in [0.15, 0.2) is 12.0 Å². The molecule has 0 aliphatic carbocycles. The molecule has 0 aromatic heterocycles. The molecule has 0 bridgehead atoms. The molecule has 120 valence electrons. The Bertz CT molecular complexity index is 457. The highest BCUT2D eigenvalue weighted by molar-refractivity contribution is 7.80. The second-order valence-corrected chi connectivity index (χ2v) is 5.92. The van der Waals surface area contributed by atoms with E-state index in [0.717, 1.165) is 11.1 Å². The molecule has 4 nitrogen and oxygen atoms in total. The fraction of sp³-hybridized carbons (Fsp3) is 0.667. The lowest BCUT2D eigenvalue weighted by Crippen LogP contribution is -2.47. The zero-order valence-corrected chi connectivity index (χ0v) is 13.1. The first-order valence-corrected chi connectivity index (χ1v) is 6.85. The predicted octanol–water partition coefficient (Wildman–Crippen LogP) is 1.59. The van der Waals surface area contributed by atoms with Gasteiger partial charge in [0, 0.05) is 11.1 Å². The lowest BCUT2D eigenvalue weighted by atomic mass is 9.98. The quantitative estimate of drug-likeness (QED) is 0.584. The molecule has 1 saturated heterocycles. The van der Waals surface area contributed by atoms with Crippen molar-refractivity contribution < 1.29 is 28.1 Å². The van der Waals surface area contributed by atoms with E-state index in [1.165, 1.54) is 13.8 Å². The van der Waals surface area contributed by atoms with Crippen LogP contribution in [0.3, 0.4) is 0 Å². The number of aliphatic hydroxyl groups is 2. The van der Waals surface area contributed by atoms with Gasteiger partial charge in [-0.2, -0.15) is 0 Å². The molecule has 0 aromatic carbocycles. The van der Waals surface area contributed by atoms with Gasteiger partial charge in [0.1, 0.15) is 12.8 Å². The first-order valence-electron chi connectivity index (χ1n) is 6.04. The molecule has 0 saturated carbocycles. The number of hydrogen-bond donors (Lipinski definition) is 2. The fourth-order valence-electron chi connectivity index (χ4n) is 1.87.